The van der Waals surface area contributed by atoms with Crippen molar-refractivity contribution in [3.8, 4) is 5.75 Å². The van der Waals surface area contributed by atoms with E-state index in [0.717, 1.165) is 29.9 Å². The molecule has 0 radical (unpaired) electrons. The van der Waals surface area contributed by atoms with Gasteiger partial charge in [0.25, 0.3) is 0 Å². The maximum Gasteiger partial charge on any atom is 0.234 e. The molecule has 1 N–H and O–H groups in total. The standard InChI is InChI=1S/C21H30N4O2S/c1-3-25-19(14-16-10-6-5-7-11-16)23-24-21(25)28-15-20(26)22-17-12-8-9-13-18(17)27-4-2/h8-9,12-13,16H,3-7,10-11,14-15H2,1-2H3,(H,22,26). The highest BCUT2D eigenvalue weighted by Crippen LogP contribution is 2.28. The Morgan fingerprint density at radius 2 is 2.00 bits per heavy atom. The molecule has 1 saturated carbocycles. The van der Waals surface area contributed by atoms with Crippen LogP contribution in [-0.4, -0.2) is 33.0 Å². The minimum atomic E-state index is -0.0726. The number of amides is 1. The van der Waals surface area contributed by atoms with Crippen LogP contribution in [0.5, 0.6) is 5.75 Å². The molecule has 3 rings (SSSR count). The summed E-state index contributed by atoms with van der Waals surface area (Å²) in [5.74, 6) is 2.69. The fraction of sp³-hybridized carbons (Fsp3) is 0.571. The molecule has 0 aliphatic heterocycles. The molecule has 0 unspecified atom stereocenters. The Hall–Kier alpha value is -2.02. The molecule has 1 amide bonds. The van der Waals surface area contributed by atoms with E-state index in [-0.39, 0.29) is 5.91 Å². The van der Waals surface area contributed by atoms with Gasteiger partial charge in [0.2, 0.25) is 5.91 Å². The second kappa shape index (κ2) is 10.5. The summed E-state index contributed by atoms with van der Waals surface area (Å²) >= 11 is 1.44. The van der Waals surface area contributed by atoms with Crippen molar-refractivity contribution in [3.63, 3.8) is 0 Å². The van der Waals surface area contributed by atoms with Crippen molar-refractivity contribution in [2.75, 3.05) is 17.7 Å². The number of anilines is 1. The van der Waals surface area contributed by atoms with E-state index in [1.807, 2.05) is 31.2 Å². The number of hydrogen-bond acceptors (Lipinski definition) is 5. The van der Waals surface area contributed by atoms with Crippen LogP contribution in [0.2, 0.25) is 0 Å². The first-order valence-electron chi connectivity index (χ1n) is 10.3. The van der Waals surface area contributed by atoms with Gasteiger partial charge in [0, 0.05) is 13.0 Å². The van der Waals surface area contributed by atoms with Crippen molar-refractivity contribution in [1.82, 2.24) is 14.8 Å². The number of hydrogen-bond donors (Lipinski definition) is 1. The predicted molar refractivity (Wildman–Crippen MR) is 113 cm³/mol. The molecule has 1 heterocycles. The highest BCUT2D eigenvalue weighted by atomic mass is 32.2. The van der Waals surface area contributed by atoms with Crippen LogP contribution < -0.4 is 10.1 Å². The normalized spacial score (nSPS) is 14.8. The molecule has 1 aromatic heterocycles. The third-order valence-corrected chi connectivity index (χ3v) is 6.07. The monoisotopic (exact) mass is 402 g/mol. The number of thioether (sulfide) groups is 1. The van der Waals surface area contributed by atoms with E-state index in [0.29, 0.717) is 23.8 Å². The summed E-state index contributed by atoms with van der Waals surface area (Å²) in [7, 11) is 0. The van der Waals surface area contributed by atoms with Gasteiger partial charge in [0.15, 0.2) is 5.16 Å². The Kier molecular flexibility index (Phi) is 7.77. The molecule has 2 aromatic rings. The minimum Gasteiger partial charge on any atom is -0.492 e. The Balaban J connectivity index is 1.57. The van der Waals surface area contributed by atoms with E-state index in [1.54, 1.807) is 0 Å². The first-order chi connectivity index (χ1) is 13.7. The Morgan fingerprint density at radius 1 is 1.21 bits per heavy atom. The highest BCUT2D eigenvalue weighted by molar-refractivity contribution is 7.99. The van der Waals surface area contributed by atoms with E-state index in [2.05, 4.69) is 27.0 Å². The Morgan fingerprint density at radius 3 is 2.75 bits per heavy atom. The summed E-state index contributed by atoms with van der Waals surface area (Å²) in [6, 6.07) is 7.49. The third kappa shape index (κ3) is 5.50. The van der Waals surface area contributed by atoms with Crippen LogP contribution in [0, 0.1) is 5.92 Å². The molecule has 0 spiro atoms. The fourth-order valence-corrected chi connectivity index (χ4v) is 4.53. The second-order valence-corrected chi connectivity index (χ2v) is 8.06. The largest absolute Gasteiger partial charge is 0.492 e. The van der Waals surface area contributed by atoms with Gasteiger partial charge in [-0.25, -0.2) is 0 Å². The smallest absolute Gasteiger partial charge is 0.234 e. The number of benzene rings is 1. The van der Waals surface area contributed by atoms with E-state index >= 15 is 0 Å². The van der Waals surface area contributed by atoms with Crippen molar-refractivity contribution >= 4 is 23.4 Å². The number of para-hydroxylation sites is 2. The van der Waals surface area contributed by atoms with Crippen LogP contribution in [0.15, 0.2) is 29.4 Å². The lowest BCUT2D eigenvalue weighted by Crippen LogP contribution is -2.16. The zero-order chi connectivity index (χ0) is 19.8. The summed E-state index contributed by atoms with van der Waals surface area (Å²) in [5.41, 5.74) is 0.699. The van der Waals surface area contributed by atoms with E-state index in [1.165, 1.54) is 43.9 Å². The minimum absolute atomic E-state index is 0.0726. The lowest BCUT2D eigenvalue weighted by molar-refractivity contribution is -0.113. The van der Waals surface area contributed by atoms with Crippen LogP contribution in [0.3, 0.4) is 0 Å². The highest BCUT2D eigenvalue weighted by Gasteiger charge is 2.19. The lowest BCUT2D eigenvalue weighted by atomic mass is 9.87. The maximum absolute atomic E-state index is 12.4. The summed E-state index contributed by atoms with van der Waals surface area (Å²) in [6.07, 6.45) is 7.60. The van der Waals surface area contributed by atoms with Gasteiger partial charge in [-0.2, -0.15) is 0 Å². The van der Waals surface area contributed by atoms with Gasteiger partial charge in [-0.1, -0.05) is 56.0 Å². The molecule has 0 atom stereocenters. The molecule has 0 saturated heterocycles. The maximum atomic E-state index is 12.4. The molecule has 6 nitrogen and oxygen atoms in total. The number of nitrogens with zero attached hydrogens (tertiary/aromatic N) is 3. The van der Waals surface area contributed by atoms with Crippen LogP contribution >= 0.6 is 11.8 Å². The molecule has 1 aromatic carbocycles. The average Bonchev–Trinajstić information content (AvgIpc) is 3.10. The number of rotatable bonds is 9. The van der Waals surface area contributed by atoms with Crippen LogP contribution in [0.25, 0.3) is 0 Å². The molecule has 1 aliphatic rings. The summed E-state index contributed by atoms with van der Waals surface area (Å²) in [5, 5.41) is 12.5. The topological polar surface area (TPSA) is 69.0 Å². The van der Waals surface area contributed by atoms with Crippen molar-refractivity contribution in [3.05, 3.63) is 30.1 Å². The first kappa shape index (κ1) is 20.7. The van der Waals surface area contributed by atoms with Crippen LogP contribution in [-0.2, 0) is 17.8 Å². The number of carbonyl (C=O) groups is 1. The molecule has 152 valence electrons. The van der Waals surface area contributed by atoms with Gasteiger partial charge < -0.3 is 14.6 Å². The zero-order valence-corrected chi connectivity index (χ0v) is 17.6. The van der Waals surface area contributed by atoms with Crippen LogP contribution in [0.1, 0.15) is 51.8 Å². The quantitative estimate of drug-likeness (QED) is 0.623. The van der Waals surface area contributed by atoms with Gasteiger partial charge in [-0.15, -0.1) is 10.2 Å². The molecule has 1 aliphatic carbocycles. The summed E-state index contributed by atoms with van der Waals surface area (Å²) < 4.78 is 7.72. The van der Waals surface area contributed by atoms with Gasteiger partial charge in [-0.05, 0) is 31.9 Å². The van der Waals surface area contributed by atoms with Gasteiger partial charge in [0.1, 0.15) is 11.6 Å². The number of carbonyl (C=O) groups excluding carboxylic acids is 1. The van der Waals surface area contributed by atoms with E-state index in [4.69, 9.17) is 4.74 Å². The molecule has 7 heteroatoms. The number of nitrogens with one attached hydrogen (secondary N) is 1. The molecule has 0 bridgehead atoms. The molecule has 28 heavy (non-hydrogen) atoms. The van der Waals surface area contributed by atoms with Crippen molar-refractivity contribution in [1.29, 1.82) is 0 Å². The first-order valence-corrected chi connectivity index (χ1v) is 11.3. The van der Waals surface area contributed by atoms with Gasteiger partial charge >= 0.3 is 0 Å². The van der Waals surface area contributed by atoms with Gasteiger partial charge in [-0.3, -0.25) is 4.79 Å². The number of ether oxygens (including phenoxy) is 1. The third-order valence-electron chi connectivity index (χ3n) is 5.10. The Labute approximate surface area is 171 Å². The molecular formula is C21H30N4O2S. The van der Waals surface area contributed by atoms with E-state index < -0.39 is 0 Å². The molecule has 1 fully saturated rings. The lowest BCUT2D eigenvalue weighted by Gasteiger charge is -2.21. The Bertz CT molecular complexity index is 772. The summed E-state index contributed by atoms with van der Waals surface area (Å²) in [4.78, 5) is 12.4. The van der Waals surface area contributed by atoms with Crippen molar-refractivity contribution in [2.45, 2.75) is 64.1 Å². The average molecular weight is 403 g/mol. The van der Waals surface area contributed by atoms with Crippen molar-refractivity contribution in [2.24, 2.45) is 5.92 Å². The summed E-state index contributed by atoms with van der Waals surface area (Å²) in [6.45, 7) is 5.42. The SMILES string of the molecule is CCOc1ccccc1NC(=O)CSc1nnc(CC2CCCCC2)n1CC. The second-order valence-electron chi connectivity index (χ2n) is 7.12. The zero-order valence-electron chi connectivity index (χ0n) is 16.8. The molecular weight excluding hydrogens is 372 g/mol. The van der Waals surface area contributed by atoms with Crippen molar-refractivity contribution < 1.29 is 9.53 Å². The van der Waals surface area contributed by atoms with Gasteiger partial charge in [0.05, 0.1) is 18.0 Å². The number of aromatic nitrogens is 3. The fourth-order valence-electron chi connectivity index (χ4n) is 3.71. The predicted octanol–water partition coefficient (Wildman–Crippen LogP) is 4.55. The van der Waals surface area contributed by atoms with E-state index in [9.17, 15) is 4.79 Å². The van der Waals surface area contributed by atoms with Crippen LogP contribution in [0.4, 0.5) is 5.69 Å².